The molecule has 3 N–H and O–H groups in total. The quantitative estimate of drug-likeness (QED) is 0.674. The lowest BCUT2D eigenvalue weighted by molar-refractivity contribution is 0.0155. The summed E-state index contributed by atoms with van der Waals surface area (Å²) >= 11 is 5.18. The Morgan fingerprint density at radius 1 is 1.33 bits per heavy atom. The average molecular weight is 488 g/mol. The van der Waals surface area contributed by atoms with Gasteiger partial charge in [-0.05, 0) is 44.4 Å². The molecule has 3 heterocycles. The topological polar surface area (TPSA) is 102 Å². The van der Waals surface area contributed by atoms with Gasteiger partial charge in [-0.3, -0.25) is 9.78 Å². The third-order valence-electron chi connectivity index (χ3n) is 6.19. The minimum Gasteiger partial charge on any atom is -0.490 e. The summed E-state index contributed by atoms with van der Waals surface area (Å²) in [6.07, 6.45) is 5.67. The number of amides is 1. The summed E-state index contributed by atoms with van der Waals surface area (Å²) in [7, 11) is 0. The van der Waals surface area contributed by atoms with Gasteiger partial charge in [0.2, 0.25) is 0 Å². The highest BCUT2D eigenvalue weighted by Crippen LogP contribution is 2.54. The van der Waals surface area contributed by atoms with Gasteiger partial charge in [0.1, 0.15) is 23.1 Å². The lowest BCUT2D eigenvalue weighted by atomic mass is 9.67. The first-order valence-corrected chi connectivity index (χ1v) is 11.8. The first kappa shape index (κ1) is 19.8. The van der Waals surface area contributed by atoms with Gasteiger partial charge < -0.3 is 15.8 Å². The molecule has 1 amide bonds. The number of carbonyl (C=O) groups excluding carboxylic acids is 1. The fourth-order valence-electron chi connectivity index (χ4n) is 4.77. The standard InChI is InChI=1S/C21H22BrN5O2S/c1-11-8-25-16(9-24-11)19(28)26-13-3-5-18-15(7-13)21(10-30-20(23)27-21)14-6-12(22)2-4-17(14)29-18/h2,4,6,8-9,13,15,18H,3,5,7,10H2,1H3,(H2,23,27)(H,26,28). The van der Waals surface area contributed by atoms with Crippen LogP contribution in [0.3, 0.4) is 0 Å². The minimum absolute atomic E-state index is 0.0260. The number of rotatable bonds is 2. The molecule has 9 heteroatoms. The van der Waals surface area contributed by atoms with Crippen molar-refractivity contribution in [3.63, 3.8) is 0 Å². The molecule has 4 atom stereocenters. The van der Waals surface area contributed by atoms with E-state index < -0.39 is 5.54 Å². The zero-order valence-corrected chi connectivity index (χ0v) is 18.9. The van der Waals surface area contributed by atoms with Crippen LogP contribution in [0.1, 0.15) is 41.0 Å². The van der Waals surface area contributed by atoms with E-state index in [0.29, 0.717) is 10.9 Å². The van der Waals surface area contributed by atoms with Crippen LogP contribution in [0.25, 0.3) is 0 Å². The maximum absolute atomic E-state index is 12.7. The highest BCUT2D eigenvalue weighted by molar-refractivity contribution is 9.10. The third kappa shape index (κ3) is 3.37. The van der Waals surface area contributed by atoms with E-state index in [1.807, 2.05) is 19.1 Å². The zero-order valence-electron chi connectivity index (χ0n) is 16.5. The molecule has 7 nitrogen and oxygen atoms in total. The van der Waals surface area contributed by atoms with Gasteiger partial charge in [-0.15, -0.1) is 0 Å². The van der Waals surface area contributed by atoms with Crippen LogP contribution >= 0.6 is 27.7 Å². The van der Waals surface area contributed by atoms with Gasteiger partial charge in [0.15, 0.2) is 5.17 Å². The van der Waals surface area contributed by atoms with Crippen molar-refractivity contribution in [3.05, 3.63) is 52.0 Å². The van der Waals surface area contributed by atoms with Crippen molar-refractivity contribution >= 4 is 38.8 Å². The Kier molecular flexibility index (Phi) is 4.97. The number of hydrogen-bond donors (Lipinski definition) is 2. The molecule has 0 bridgehead atoms. The molecule has 0 radical (unpaired) electrons. The predicted molar refractivity (Wildman–Crippen MR) is 120 cm³/mol. The van der Waals surface area contributed by atoms with E-state index in [0.717, 1.165) is 46.5 Å². The molecule has 1 spiro atoms. The SMILES string of the molecule is Cc1cnc(C(=O)NC2CCC3Oc4ccc(Br)cc4C4(CSC(N)=N4)C3C2)cn1. The highest BCUT2D eigenvalue weighted by atomic mass is 79.9. The summed E-state index contributed by atoms with van der Waals surface area (Å²) in [4.78, 5) is 26.0. The van der Waals surface area contributed by atoms with Crippen molar-refractivity contribution in [2.45, 2.75) is 43.9 Å². The number of nitrogens with zero attached hydrogens (tertiary/aromatic N) is 3. The molecule has 1 fully saturated rings. The number of benzene rings is 1. The van der Waals surface area contributed by atoms with Gasteiger partial charge >= 0.3 is 0 Å². The molecule has 2 aliphatic heterocycles. The molecule has 1 aliphatic carbocycles. The Morgan fingerprint density at radius 2 is 2.20 bits per heavy atom. The Balaban J connectivity index is 1.43. The normalized spacial score (nSPS) is 29.5. The van der Waals surface area contributed by atoms with Gasteiger partial charge in [-0.25, -0.2) is 9.98 Å². The largest absolute Gasteiger partial charge is 0.490 e. The summed E-state index contributed by atoms with van der Waals surface area (Å²) in [5.41, 5.74) is 7.90. The molecule has 2 aromatic rings. The second kappa shape index (κ2) is 7.53. The van der Waals surface area contributed by atoms with Crippen molar-refractivity contribution in [1.29, 1.82) is 0 Å². The Morgan fingerprint density at radius 3 is 2.93 bits per heavy atom. The summed E-state index contributed by atoms with van der Waals surface area (Å²) < 4.78 is 7.38. The van der Waals surface area contributed by atoms with Gasteiger partial charge in [0.25, 0.3) is 5.91 Å². The Hall–Kier alpha value is -2.13. The molecule has 30 heavy (non-hydrogen) atoms. The summed E-state index contributed by atoms with van der Waals surface area (Å²) in [6.45, 7) is 1.85. The van der Waals surface area contributed by atoms with Crippen LogP contribution in [-0.2, 0) is 5.54 Å². The van der Waals surface area contributed by atoms with E-state index >= 15 is 0 Å². The summed E-state index contributed by atoms with van der Waals surface area (Å²) in [5.74, 6) is 1.62. The van der Waals surface area contributed by atoms with E-state index in [1.54, 1.807) is 18.0 Å². The summed E-state index contributed by atoms with van der Waals surface area (Å²) in [6, 6.07) is 6.13. The van der Waals surface area contributed by atoms with Crippen LogP contribution in [-0.4, -0.2) is 38.9 Å². The molecule has 3 aliphatic rings. The molecule has 0 saturated heterocycles. The monoisotopic (exact) mass is 487 g/mol. The minimum atomic E-state index is -0.427. The van der Waals surface area contributed by atoms with Crippen molar-refractivity contribution in [2.24, 2.45) is 16.6 Å². The van der Waals surface area contributed by atoms with E-state index in [4.69, 9.17) is 15.5 Å². The first-order valence-electron chi connectivity index (χ1n) is 9.99. The average Bonchev–Trinajstić information content (AvgIpc) is 3.12. The fourth-order valence-corrected chi connectivity index (χ4v) is 6.16. The number of halogens is 1. The maximum atomic E-state index is 12.7. The van der Waals surface area contributed by atoms with Gasteiger partial charge in [-0.1, -0.05) is 27.7 Å². The molecule has 1 saturated carbocycles. The summed E-state index contributed by atoms with van der Waals surface area (Å²) in [5, 5.41) is 3.76. The number of aryl methyl sites for hydroxylation is 1. The number of carbonyl (C=O) groups is 1. The molecular weight excluding hydrogens is 466 g/mol. The number of ether oxygens (including phenoxy) is 1. The van der Waals surface area contributed by atoms with E-state index in [-0.39, 0.29) is 24.0 Å². The fraction of sp³-hybridized carbons (Fsp3) is 0.429. The zero-order chi connectivity index (χ0) is 20.9. The number of amidine groups is 1. The lowest BCUT2D eigenvalue weighted by Gasteiger charge is -2.48. The number of hydrogen-bond acceptors (Lipinski definition) is 7. The number of thioether (sulfide) groups is 1. The van der Waals surface area contributed by atoms with Crippen LogP contribution in [0.4, 0.5) is 0 Å². The van der Waals surface area contributed by atoms with E-state index in [9.17, 15) is 4.79 Å². The van der Waals surface area contributed by atoms with Crippen LogP contribution in [0.5, 0.6) is 5.75 Å². The van der Waals surface area contributed by atoms with Crippen molar-refractivity contribution in [2.75, 3.05) is 5.75 Å². The Bertz CT molecular complexity index is 1030. The highest BCUT2D eigenvalue weighted by Gasteiger charge is 2.54. The number of nitrogens with two attached hydrogens (primary N) is 1. The first-order chi connectivity index (χ1) is 14.4. The molecular formula is C21H22BrN5O2S. The number of nitrogens with one attached hydrogen (secondary N) is 1. The number of aromatic nitrogens is 2. The van der Waals surface area contributed by atoms with Crippen LogP contribution in [0.2, 0.25) is 0 Å². The molecule has 4 unspecified atom stereocenters. The van der Waals surface area contributed by atoms with Crippen LogP contribution in [0, 0.1) is 12.8 Å². The van der Waals surface area contributed by atoms with Crippen molar-refractivity contribution in [1.82, 2.24) is 15.3 Å². The smallest absolute Gasteiger partial charge is 0.271 e. The predicted octanol–water partition coefficient (Wildman–Crippen LogP) is 3.16. The molecule has 1 aromatic carbocycles. The maximum Gasteiger partial charge on any atom is 0.271 e. The second-order valence-corrected chi connectivity index (χ2v) is 10.0. The molecule has 156 valence electrons. The van der Waals surface area contributed by atoms with Crippen LogP contribution < -0.4 is 15.8 Å². The third-order valence-corrected chi connectivity index (χ3v) is 7.65. The number of fused-ring (bicyclic) bond motifs is 4. The van der Waals surface area contributed by atoms with E-state index in [2.05, 4.69) is 37.3 Å². The van der Waals surface area contributed by atoms with Crippen LogP contribution in [0.15, 0.2) is 40.1 Å². The Labute approximate surface area is 187 Å². The molecule has 5 rings (SSSR count). The molecule has 1 aromatic heterocycles. The van der Waals surface area contributed by atoms with Gasteiger partial charge in [-0.2, -0.15) is 0 Å². The van der Waals surface area contributed by atoms with Gasteiger partial charge in [0, 0.05) is 33.9 Å². The lowest BCUT2D eigenvalue weighted by Crippen LogP contribution is -2.54. The second-order valence-electron chi connectivity index (χ2n) is 8.09. The number of aliphatic imine (C=N–C) groups is 1. The van der Waals surface area contributed by atoms with Gasteiger partial charge in [0.05, 0.1) is 11.9 Å². The van der Waals surface area contributed by atoms with Crippen molar-refractivity contribution < 1.29 is 9.53 Å². The van der Waals surface area contributed by atoms with E-state index in [1.165, 1.54) is 6.20 Å². The van der Waals surface area contributed by atoms with Crippen molar-refractivity contribution in [3.8, 4) is 5.75 Å².